The second kappa shape index (κ2) is 5.72. The van der Waals surface area contributed by atoms with Crippen LogP contribution < -0.4 is 5.32 Å². The summed E-state index contributed by atoms with van der Waals surface area (Å²) in [5, 5.41) is 2.35. The van der Waals surface area contributed by atoms with Crippen LogP contribution in [-0.2, 0) is 9.59 Å². The van der Waals surface area contributed by atoms with Crippen LogP contribution in [0.5, 0.6) is 0 Å². The number of barbiturate groups is 1. The lowest BCUT2D eigenvalue weighted by atomic mass is 9.77. The van der Waals surface area contributed by atoms with Crippen LogP contribution in [0.4, 0.5) is 4.79 Å². The fourth-order valence-electron chi connectivity index (χ4n) is 2.82. The highest BCUT2D eigenvalue weighted by Gasteiger charge is 2.53. The molecule has 1 atom stereocenters. The summed E-state index contributed by atoms with van der Waals surface area (Å²) in [6.45, 7) is 9.52. The molecule has 0 aromatic rings. The van der Waals surface area contributed by atoms with E-state index in [1.54, 1.807) is 0 Å². The highest BCUT2D eigenvalue weighted by molar-refractivity contribution is 6.19. The SMILES string of the molecule is CCC(C(C)C)N1C(=O)NC(=O)C(CC)(CC)C1=O. The van der Waals surface area contributed by atoms with E-state index >= 15 is 0 Å². The highest BCUT2D eigenvalue weighted by Crippen LogP contribution is 2.34. The molecule has 0 aromatic carbocycles. The minimum atomic E-state index is -1.09. The molecular formula is C14H24N2O3. The van der Waals surface area contributed by atoms with Crippen molar-refractivity contribution in [3.63, 3.8) is 0 Å². The Hall–Kier alpha value is -1.39. The molecule has 1 saturated heterocycles. The lowest BCUT2D eigenvalue weighted by molar-refractivity contribution is -0.154. The van der Waals surface area contributed by atoms with Crippen molar-refractivity contribution in [2.75, 3.05) is 0 Å². The Kier molecular flexibility index (Phi) is 4.71. The van der Waals surface area contributed by atoms with Gasteiger partial charge in [-0.2, -0.15) is 0 Å². The summed E-state index contributed by atoms with van der Waals surface area (Å²) < 4.78 is 0. The summed E-state index contributed by atoms with van der Waals surface area (Å²) in [6, 6.07) is -0.744. The molecule has 1 N–H and O–H groups in total. The number of urea groups is 1. The lowest BCUT2D eigenvalue weighted by Gasteiger charge is -2.42. The molecule has 0 radical (unpaired) electrons. The third-order valence-corrected chi connectivity index (χ3v) is 4.23. The van der Waals surface area contributed by atoms with Crippen molar-refractivity contribution in [3.05, 3.63) is 0 Å². The van der Waals surface area contributed by atoms with Gasteiger partial charge in [-0.05, 0) is 25.2 Å². The zero-order valence-corrected chi connectivity index (χ0v) is 12.4. The molecule has 0 aromatic heterocycles. The van der Waals surface area contributed by atoms with E-state index in [2.05, 4.69) is 5.32 Å². The van der Waals surface area contributed by atoms with Gasteiger partial charge in [-0.3, -0.25) is 19.8 Å². The average Bonchev–Trinajstić information content (AvgIpc) is 2.35. The van der Waals surface area contributed by atoms with Gasteiger partial charge in [0.1, 0.15) is 5.41 Å². The van der Waals surface area contributed by atoms with Crippen LogP contribution in [0, 0.1) is 11.3 Å². The molecule has 0 bridgehead atoms. The predicted octanol–water partition coefficient (Wildman–Crippen LogP) is 2.31. The summed E-state index contributed by atoms with van der Waals surface area (Å²) in [5.41, 5.74) is -1.09. The smallest absolute Gasteiger partial charge is 0.277 e. The molecule has 0 aliphatic carbocycles. The van der Waals surface area contributed by atoms with Crippen LogP contribution in [0.1, 0.15) is 53.9 Å². The first-order chi connectivity index (χ1) is 8.85. The van der Waals surface area contributed by atoms with Crippen molar-refractivity contribution >= 4 is 17.8 Å². The first kappa shape index (κ1) is 15.7. The van der Waals surface area contributed by atoms with Gasteiger partial charge in [-0.15, -0.1) is 0 Å². The molecule has 1 aliphatic rings. The predicted molar refractivity (Wildman–Crippen MR) is 72.3 cm³/mol. The number of imide groups is 2. The first-order valence-corrected chi connectivity index (χ1v) is 7.04. The van der Waals surface area contributed by atoms with Gasteiger partial charge in [0.15, 0.2) is 0 Å². The lowest BCUT2D eigenvalue weighted by Crippen LogP contribution is -2.66. The minimum absolute atomic E-state index is 0.166. The molecule has 1 aliphatic heterocycles. The third-order valence-electron chi connectivity index (χ3n) is 4.23. The fraction of sp³-hybridized carbons (Fsp3) is 0.786. The van der Waals surface area contributed by atoms with Crippen molar-refractivity contribution in [1.82, 2.24) is 10.2 Å². The second-order valence-electron chi connectivity index (χ2n) is 5.44. The number of carbonyl (C=O) groups is 3. The number of hydrogen-bond donors (Lipinski definition) is 1. The Morgan fingerprint density at radius 2 is 1.63 bits per heavy atom. The van der Waals surface area contributed by atoms with Crippen molar-refractivity contribution in [1.29, 1.82) is 0 Å². The van der Waals surface area contributed by atoms with Crippen molar-refractivity contribution in [2.45, 2.75) is 59.9 Å². The standard InChI is InChI=1S/C14H24N2O3/c1-6-10(9(4)5)16-12(18)14(7-2,8-3)11(17)15-13(16)19/h9-10H,6-8H2,1-5H3,(H,15,17,19). The number of rotatable bonds is 5. The normalized spacial score (nSPS) is 20.7. The molecule has 1 heterocycles. The molecule has 19 heavy (non-hydrogen) atoms. The monoisotopic (exact) mass is 268 g/mol. The van der Waals surface area contributed by atoms with Crippen LogP contribution in [0.15, 0.2) is 0 Å². The maximum Gasteiger partial charge on any atom is 0.331 e. The molecule has 0 spiro atoms. The van der Waals surface area contributed by atoms with Gasteiger partial charge in [0, 0.05) is 6.04 Å². The van der Waals surface area contributed by atoms with Gasteiger partial charge in [-0.1, -0.05) is 34.6 Å². The summed E-state index contributed by atoms with van der Waals surface area (Å²) in [5.74, 6) is -0.631. The van der Waals surface area contributed by atoms with E-state index in [4.69, 9.17) is 0 Å². The van der Waals surface area contributed by atoms with Crippen molar-refractivity contribution in [2.24, 2.45) is 11.3 Å². The van der Waals surface area contributed by atoms with Crippen LogP contribution in [0.3, 0.4) is 0 Å². The summed E-state index contributed by atoms with van der Waals surface area (Å²) >= 11 is 0. The van der Waals surface area contributed by atoms with E-state index in [1.807, 2.05) is 34.6 Å². The molecule has 108 valence electrons. The van der Waals surface area contributed by atoms with Gasteiger partial charge < -0.3 is 0 Å². The van der Waals surface area contributed by atoms with Crippen molar-refractivity contribution < 1.29 is 14.4 Å². The molecule has 5 nitrogen and oxygen atoms in total. The summed E-state index contributed by atoms with van der Waals surface area (Å²) in [6.07, 6.45) is 1.51. The molecule has 0 saturated carbocycles. The van der Waals surface area contributed by atoms with Crippen molar-refractivity contribution in [3.8, 4) is 0 Å². The van der Waals surface area contributed by atoms with E-state index in [0.717, 1.165) is 0 Å². The number of carbonyl (C=O) groups excluding carboxylic acids is 3. The third kappa shape index (κ3) is 2.38. The summed E-state index contributed by atoms with van der Waals surface area (Å²) in [4.78, 5) is 38.0. The van der Waals surface area contributed by atoms with Crippen LogP contribution in [0.25, 0.3) is 0 Å². The first-order valence-electron chi connectivity index (χ1n) is 7.04. The minimum Gasteiger partial charge on any atom is -0.277 e. The Morgan fingerprint density at radius 3 is 2.00 bits per heavy atom. The van der Waals surface area contributed by atoms with Gasteiger partial charge >= 0.3 is 6.03 Å². The topological polar surface area (TPSA) is 66.5 Å². The molecule has 1 fully saturated rings. The van der Waals surface area contributed by atoms with Crippen LogP contribution in [-0.4, -0.2) is 28.8 Å². The maximum atomic E-state index is 12.7. The Labute approximate surface area is 114 Å². The summed E-state index contributed by atoms with van der Waals surface area (Å²) in [7, 11) is 0. The van der Waals surface area contributed by atoms with E-state index in [0.29, 0.717) is 19.3 Å². The Balaban J connectivity index is 3.22. The van der Waals surface area contributed by atoms with Gasteiger partial charge in [-0.25, -0.2) is 4.79 Å². The Bertz CT molecular complexity index is 386. The van der Waals surface area contributed by atoms with E-state index < -0.39 is 17.4 Å². The molecule has 4 amide bonds. The number of hydrogen-bond acceptors (Lipinski definition) is 3. The zero-order chi connectivity index (χ0) is 14.8. The van der Waals surface area contributed by atoms with Gasteiger partial charge in [0.25, 0.3) is 0 Å². The van der Waals surface area contributed by atoms with E-state index in [1.165, 1.54) is 4.90 Å². The number of nitrogens with one attached hydrogen (secondary N) is 1. The van der Waals surface area contributed by atoms with Crippen LogP contribution >= 0.6 is 0 Å². The van der Waals surface area contributed by atoms with Gasteiger partial charge in [0.05, 0.1) is 0 Å². The molecule has 5 heteroatoms. The highest BCUT2D eigenvalue weighted by atomic mass is 16.2. The number of nitrogens with zero attached hydrogens (tertiary/aromatic N) is 1. The maximum absolute atomic E-state index is 12.7. The van der Waals surface area contributed by atoms with Gasteiger partial charge in [0.2, 0.25) is 11.8 Å². The Morgan fingerprint density at radius 1 is 1.11 bits per heavy atom. The van der Waals surface area contributed by atoms with E-state index in [-0.39, 0.29) is 17.9 Å². The van der Waals surface area contributed by atoms with E-state index in [9.17, 15) is 14.4 Å². The quantitative estimate of drug-likeness (QED) is 0.778. The average molecular weight is 268 g/mol. The second-order valence-corrected chi connectivity index (χ2v) is 5.44. The molecular weight excluding hydrogens is 244 g/mol. The van der Waals surface area contributed by atoms with Crippen LogP contribution in [0.2, 0.25) is 0 Å². The fourth-order valence-corrected chi connectivity index (χ4v) is 2.82. The zero-order valence-electron chi connectivity index (χ0n) is 12.4. The number of amides is 4. The largest absolute Gasteiger partial charge is 0.331 e. The molecule has 1 rings (SSSR count). The molecule has 1 unspecified atom stereocenters.